The van der Waals surface area contributed by atoms with Crippen molar-refractivity contribution in [3.05, 3.63) is 59.4 Å². The first-order valence-electron chi connectivity index (χ1n) is 11.5. The highest BCUT2D eigenvalue weighted by Gasteiger charge is 2.27. The molecule has 2 aromatic rings. The quantitative estimate of drug-likeness (QED) is 0.686. The number of rotatable bonds is 5. The van der Waals surface area contributed by atoms with Crippen molar-refractivity contribution in [2.75, 3.05) is 47.9 Å². The summed E-state index contributed by atoms with van der Waals surface area (Å²) in [5.74, 6) is 1.89. The van der Waals surface area contributed by atoms with Crippen LogP contribution in [0, 0.1) is 18.7 Å². The number of nitrogens with one attached hydrogen (secondary N) is 2. The molecular formula is C25H31FN4O2S. The maximum absolute atomic E-state index is 13.0. The normalized spacial score (nSPS) is 17.0. The van der Waals surface area contributed by atoms with Gasteiger partial charge in [0.1, 0.15) is 5.82 Å². The number of aryl methyl sites for hydroxylation is 1. The molecule has 33 heavy (non-hydrogen) atoms. The predicted molar refractivity (Wildman–Crippen MR) is 132 cm³/mol. The second kappa shape index (κ2) is 10.9. The average Bonchev–Trinajstić information content (AvgIpc) is 2.85. The van der Waals surface area contributed by atoms with E-state index in [0.717, 1.165) is 41.4 Å². The summed E-state index contributed by atoms with van der Waals surface area (Å²) in [6, 6.07) is 12.2. The lowest BCUT2D eigenvalue weighted by atomic mass is 9.96. The van der Waals surface area contributed by atoms with E-state index in [0.29, 0.717) is 32.5 Å². The molecule has 0 spiro atoms. The van der Waals surface area contributed by atoms with Gasteiger partial charge in [-0.15, -0.1) is 0 Å². The smallest absolute Gasteiger partial charge is 0.321 e. The number of piperidine rings is 1. The second-order valence-electron chi connectivity index (χ2n) is 8.63. The summed E-state index contributed by atoms with van der Waals surface area (Å²) >= 11 is 1.99. The van der Waals surface area contributed by atoms with E-state index in [1.165, 1.54) is 17.8 Å². The van der Waals surface area contributed by atoms with Crippen LogP contribution >= 0.6 is 11.8 Å². The van der Waals surface area contributed by atoms with Gasteiger partial charge in [-0.1, -0.05) is 12.1 Å². The highest BCUT2D eigenvalue weighted by molar-refractivity contribution is 7.99. The standard InChI is InChI=1S/C25H31FN4O2S/c1-18-16-22(29-12-14-33-15-13-29)6-7-23(18)28-25(32)30-10-8-20(9-11-30)24(31)27-17-19-2-4-21(26)5-3-19/h2-7,16,20H,8-15,17H2,1H3,(H,27,31)(H,28,32). The summed E-state index contributed by atoms with van der Waals surface area (Å²) in [6.45, 7) is 5.61. The number of anilines is 2. The van der Waals surface area contributed by atoms with Gasteiger partial charge in [0.15, 0.2) is 0 Å². The molecule has 2 heterocycles. The van der Waals surface area contributed by atoms with Gasteiger partial charge in [-0.05, 0) is 61.2 Å². The van der Waals surface area contributed by atoms with E-state index in [1.807, 2.05) is 24.8 Å². The van der Waals surface area contributed by atoms with Crippen LogP contribution in [-0.4, -0.2) is 54.5 Å². The molecule has 2 aromatic carbocycles. The molecule has 0 aromatic heterocycles. The summed E-state index contributed by atoms with van der Waals surface area (Å²) < 4.78 is 13.0. The maximum Gasteiger partial charge on any atom is 0.321 e. The lowest BCUT2D eigenvalue weighted by molar-refractivity contribution is -0.126. The van der Waals surface area contributed by atoms with Crippen LogP contribution in [0.2, 0.25) is 0 Å². The van der Waals surface area contributed by atoms with Crippen LogP contribution in [0.4, 0.5) is 20.6 Å². The molecule has 0 unspecified atom stereocenters. The van der Waals surface area contributed by atoms with Crippen molar-refractivity contribution in [1.82, 2.24) is 10.2 Å². The van der Waals surface area contributed by atoms with E-state index in [-0.39, 0.29) is 23.7 Å². The summed E-state index contributed by atoms with van der Waals surface area (Å²) in [5, 5.41) is 5.96. The molecule has 6 nitrogen and oxygen atoms in total. The van der Waals surface area contributed by atoms with E-state index in [4.69, 9.17) is 0 Å². The molecule has 0 saturated carbocycles. The molecule has 2 N–H and O–H groups in total. The Labute approximate surface area is 198 Å². The molecule has 2 saturated heterocycles. The summed E-state index contributed by atoms with van der Waals surface area (Å²) in [5.41, 5.74) is 3.95. The molecule has 176 valence electrons. The van der Waals surface area contributed by atoms with Crippen LogP contribution in [-0.2, 0) is 11.3 Å². The molecule has 2 fully saturated rings. The van der Waals surface area contributed by atoms with Crippen LogP contribution in [0.15, 0.2) is 42.5 Å². The first kappa shape index (κ1) is 23.4. The number of halogens is 1. The number of thioether (sulfide) groups is 1. The fraction of sp³-hybridized carbons (Fsp3) is 0.440. The van der Waals surface area contributed by atoms with E-state index in [9.17, 15) is 14.0 Å². The minimum Gasteiger partial charge on any atom is -0.370 e. The summed E-state index contributed by atoms with van der Waals surface area (Å²) in [6.07, 6.45) is 1.27. The summed E-state index contributed by atoms with van der Waals surface area (Å²) in [4.78, 5) is 29.5. The van der Waals surface area contributed by atoms with Crippen molar-refractivity contribution in [2.24, 2.45) is 5.92 Å². The van der Waals surface area contributed by atoms with E-state index < -0.39 is 0 Å². The molecule has 0 radical (unpaired) electrons. The molecule has 0 aliphatic carbocycles. The van der Waals surface area contributed by atoms with Gasteiger partial charge >= 0.3 is 6.03 Å². The zero-order chi connectivity index (χ0) is 23.2. The average molecular weight is 471 g/mol. The Kier molecular flexibility index (Phi) is 7.75. The maximum atomic E-state index is 13.0. The van der Waals surface area contributed by atoms with Crippen molar-refractivity contribution in [2.45, 2.75) is 26.3 Å². The van der Waals surface area contributed by atoms with Crippen LogP contribution in [0.1, 0.15) is 24.0 Å². The fourth-order valence-corrected chi connectivity index (χ4v) is 5.18. The van der Waals surface area contributed by atoms with Crippen molar-refractivity contribution >= 4 is 35.1 Å². The van der Waals surface area contributed by atoms with Gasteiger partial charge in [0, 0.05) is 61.5 Å². The highest BCUT2D eigenvalue weighted by atomic mass is 32.2. The van der Waals surface area contributed by atoms with Crippen LogP contribution < -0.4 is 15.5 Å². The Bertz CT molecular complexity index is 971. The Morgan fingerprint density at radius 3 is 2.39 bits per heavy atom. The van der Waals surface area contributed by atoms with Gasteiger partial charge in [0.2, 0.25) is 5.91 Å². The Balaban J connectivity index is 1.24. The third kappa shape index (κ3) is 6.19. The van der Waals surface area contributed by atoms with Gasteiger partial charge in [-0.25, -0.2) is 9.18 Å². The number of urea groups is 1. The predicted octanol–water partition coefficient (Wildman–Crippen LogP) is 4.25. The largest absolute Gasteiger partial charge is 0.370 e. The van der Waals surface area contributed by atoms with Crippen molar-refractivity contribution in [1.29, 1.82) is 0 Å². The monoisotopic (exact) mass is 470 g/mol. The Morgan fingerprint density at radius 2 is 1.73 bits per heavy atom. The zero-order valence-corrected chi connectivity index (χ0v) is 19.8. The number of amides is 3. The molecule has 8 heteroatoms. The number of carbonyl (C=O) groups excluding carboxylic acids is 2. The van der Waals surface area contributed by atoms with E-state index in [2.05, 4.69) is 27.7 Å². The van der Waals surface area contributed by atoms with Crippen LogP contribution in [0.25, 0.3) is 0 Å². The zero-order valence-electron chi connectivity index (χ0n) is 19.0. The van der Waals surface area contributed by atoms with Gasteiger partial charge in [0.25, 0.3) is 0 Å². The third-order valence-corrected chi connectivity index (χ3v) is 7.30. The third-order valence-electron chi connectivity index (χ3n) is 6.36. The first-order valence-corrected chi connectivity index (χ1v) is 12.7. The van der Waals surface area contributed by atoms with E-state index in [1.54, 1.807) is 17.0 Å². The molecule has 3 amide bonds. The molecule has 0 atom stereocenters. The molecule has 2 aliphatic heterocycles. The second-order valence-corrected chi connectivity index (χ2v) is 9.86. The van der Waals surface area contributed by atoms with Crippen LogP contribution in [0.3, 0.4) is 0 Å². The molecule has 0 bridgehead atoms. The summed E-state index contributed by atoms with van der Waals surface area (Å²) in [7, 11) is 0. The van der Waals surface area contributed by atoms with Gasteiger partial charge in [-0.2, -0.15) is 11.8 Å². The topological polar surface area (TPSA) is 64.7 Å². The lowest BCUT2D eigenvalue weighted by Crippen LogP contribution is -2.44. The number of benzene rings is 2. The SMILES string of the molecule is Cc1cc(N2CCSCC2)ccc1NC(=O)N1CCC(C(=O)NCc2ccc(F)cc2)CC1. The van der Waals surface area contributed by atoms with Crippen molar-refractivity contribution < 1.29 is 14.0 Å². The van der Waals surface area contributed by atoms with Gasteiger partial charge < -0.3 is 20.4 Å². The number of hydrogen-bond donors (Lipinski definition) is 2. The minimum atomic E-state index is -0.289. The lowest BCUT2D eigenvalue weighted by Gasteiger charge is -2.32. The van der Waals surface area contributed by atoms with E-state index >= 15 is 0 Å². The first-order chi connectivity index (χ1) is 16.0. The number of hydrogen-bond acceptors (Lipinski definition) is 4. The number of likely N-dealkylation sites (tertiary alicyclic amines) is 1. The molecule has 4 rings (SSSR count). The molecular weight excluding hydrogens is 439 g/mol. The molecule has 2 aliphatic rings. The van der Waals surface area contributed by atoms with Gasteiger partial charge in [-0.3, -0.25) is 4.79 Å². The van der Waals surface area contributed by atoms with Crippen molar-refractivity contribution in [3.63, 3.8) is 0 Å². The number of carbonyl (C=O) groups is 2. The van der Waals surface area contributed by atoms with Crippen LogP contribution in [0.5, 0.6) is 0 Å². The Hall–Kier alpha value is -2.74. The minimum absolute atomic E-state index is 0.0121. The fourth-order valence-electron chi connectivity index (χ4n) is 4.28. The Morgan fingerprint density at radius 1 is 1.03 bits per heavy atom. The van der Waals surface area contributed by atoms with Crippen molar-refractivity contribution in [3.8, 4) is 0 Å². The number of nitrogens with zero attached hydrogens (tertiary/aromatic N) is 2. The van der Waals surface area contributed by atoms with Gasteiger partial charge in [0.05, 0.1) is 0 Å². The highest BCUT2D eigenvalue weighted by Crippen LogP contribution is 2.26.